The van der Waals surface area contributed by atoms with Gasteiger partial charge in [0.15, 0.2) is 16.7 Å². The van der Waals surface area contributed by atoms with E-state index in [1.165, 1.54) is 22.4 Å². The van der Waals surface area contributed by atoms with Gasteiger partial charge >= 0.3 is 0 Å². The van der Waals surface area contributed by atoms with E-state index in [1.54, 1.807) is 37.6 Å². The number of aromatic nitrogens is 2. The van der Waals surface area contributed by atoms with Gasteiger partial charge in [-0.25, -0.2) is 4.98 Å². The second-order valence-corrected chi connectivity index (χ2v) is 8.16. The molecule has 2 aromatic heterocycles. The van der Waals surface area contributed by atoms with Crippen molar-refractivity contribution in [2.45, 2.75) is 6.04 Å². The zero-order chi connectivity index (χ0) is 22.2. The summed E-state index contributed by atoms with van der Waals surface area (Å²) in [7, 11) is 1.58. The van der Waals surface area contributed by atoms with Crippen LogP contribution in [0, 0.1) is 0 Å². The molecule has 0 radical (unpaired) electrons. The van der Waals surface area contributed by atoms with E-state index >= 15 is 0 Å². The van der Waals surface area contributed by atoms with E-state index in [0.717, 1.165) is 4.70 Å². The summed E-state index contributed by atoms with van der Waals surface area (Å²) in [5.74, 6) is -1.03. The standard InChI is InChI=1S/C24H17N3O4S/c1-31-16-9-10-17-18(12-16)32-24(26-17)27-20(14-6-3-2-4-7-14)19(22(29)23(27)30)21(28)15-8-5-11-25-13-15/h2-13,20,29H,1H3. The lowest BCUT2D eigenvalue weighted by Gasteiger charge is -2.24. The van der Waals surface area contributed by atoms with Crippen molar-refractivity contribution in [3.8, 4) is 5.75 Å². The Morgan fingerprint density at radius 2 is 1.94 bits per heavy atom. The molecule has 0 spiro atoms. The van der Waals surface area contributed by atoms with Gasteiger partial charge in [0, 0.05) is 18.0 Å². The number of fused-ring (bicyclic) bond motifs is 1. The van der Waals surface area contributed by atoms with E-state index in [0.29, 0.717) is 27.5 Å². The van der Waals surface area contributed by atoms with Crippen LogP contribution < -0.4 is 9.64 Å². The van der Waals surface area contributed by atoms with E-state index in [2.05, 4.69) is 9.97 Å². The monoisotopic (exact) mass is 443 g/mol. The Bertz CT molecular complexity index is 1370. The van der Waals surface area contributed by atoms with Gasteiger partial charge in [-0.1, -0.05) is 41.7 Å². The fourth-order valence-electron chi connectivity index (χ4n) is 3.76. The third kappa shape index (κ3) is 3.21. The number of nitrogens with zero attached hydrogens (tertiary/aromatic N) is 3. The first-order valence-electron chi connectivity index (χ1n) is 9.79. The molecule has 1 amide bonds. The second-order valence-electron chi connectivity index (χ2n) is 7.15. The van der Waals surface area contributed by atoms with E-state index < -0.39 is 23.5 Å². The highest BCUT2D eigenvalue weighted by atomic mass is 32.1. The van der Waals surface area contributed by atoms with Crippen molar-refractivity contribution in [2.24, 2.45) is 0 Å². The van der Waals surface area contributed by atoms with Gasteiger partial charge < -0.3 is 9.84 Å². The molecular weight excluding hydrogens is 426 g/mol. The van der Waals surface area contributed by atoms with Crippen LogP contribution in [0.5, 0.6) is 5.75 Å². The minimum absolute atomic E-state index is 0.00559. The number of aliphatic hydroxyl groups is 1. The van der Waals surface area contributed by atoms with E-state index in [9.17, 15) is 14.7 Å². The Hall–Kier alpha value is -4.04. The van der Waals surface area contributed by atoms with Gasteiger partial charge in [0.05, 0.1) is 28.9 Å². The van der Waals surface area contributed by atoms with Crippen LogP contribution in [0.2, 0.25) is 0 Å². The molecule has 1 aliphatic heterocycles. The number of anilines is 1. The van der Waals surface area contributed by atoms with Crippen LogP contribution in [0.3, 0.4) is 0 Å². The summed E-state index contributed by atoms with van der Waals surface area (Å²) in [5.41, 5.74) is 1.68. The molecule has 1 N–H and O–H groups in total. The lowest BCUT2D eigenvalue weighted by molar-refractivity contribution is -0.117. The molecule has 0 bridgehead atoms. The summed E-state index contributed by atoms with van der Waals surface area (Å²) >= 11 is 1.29. The molecule has 3 heterocycles. The normalized spacial score (nSPS) is 16.1. The number of pyridine rings is 1. The SMILES string of the molecule is COc1ccc2nc(N3C(=O)C(O)=C(C(=O)c4cccnc4)C3c3ccccc3)sc2c1. The maximum Gasteiger partial charge on any atom is 0.296 e. The molecule has 0 saturated heterocycles. The molecule has 1 atom stereocenters. The number of hydrogen-bond donors (Lipinski definition) is 1. The van der Waals surface area contributed by atoms with Crippen molar-refractivity contribution >= 4 is 38.4 Å². The zero-order valence-electron chi connectivity index (χ0n) is 16.9. The predicted octanol–water partition coefficient (Wildman–Crippen LogP) is 4.48. The second kappa shape index (κ2) is 7.90. The van der Waals surface area contributed by atoms with Crippen molar-refractivity contribution < 1.29 is 19.4 Å². The number of ketones is 1. The van der Waals surface area contributed by atoms with Crippen LogP contribution in [-0.4, -0.2) is 33.9 Å². The topological polar surface area (TPSA) is 92.6 Å². The molecule has 0 aliphatic carbocycles. The van der Waals surface area contributed by atoms with Gasteiger partial charge in [-0.15, -0.1) is 0 Å². The number of rotatable bonds is 5. The zero-order valence-corrected chi connectivity index (χ0v) is 17.7. The molecule has 5 rings (SSSR count). The van der Waals surface area contributed by atoms with E-state index in [-0.39, 0.29) is 5.57 Å². The Morgan fingerprint density at radius 1 is 1.12 bits per heavy atom. The molecule has 2 aromatic carbocycles. The van der Waals surface area contributed by atoms with E-state index in [4.69, 9.17) is 4.74 Å². The van der Waals surface area contributed by atoms with Gasteiger partial charge in [0.2, 0.25) is 0 Å². The Kier molecular flexibility index (Phi) is 4.91. The highest BCUT2D eigenvalue weighted by Crippen LogP contribution is 2.44. The number of carbonyl (C=O) groups excluding carboxylic acids is 2. The van der Waals surface area contributed by atoms with Crippen molar-refractivity contribution in [3.63, 3.8) is 0 Å². The number of aliphatic hydroxyl groups excluding tert-OH is 1. The molecule has 1 unspecified atom stereocenters. The van der Waals surface area contributed by atoms with Gasteiger partial charge in [-0.2, -0.15) is 0 Å². The first-order valence-corrected chi connectivity index (χ1v) is 10.6. The van der Waals surface area contributed by atoms with Crippen molar-refractivity contribution in [1.29, 1.82) is 0 Å². The minimum atomic E-state index is -0.820. The molecular formula is C24H17N3O4S. The number of carbonyl (C=O) groups is 2. The number of thiazole rings is 1. The summed E-state index contributed by atoms with van der Waals surface area (Å²) < 4.78 is 6.11. The average molecular weight is 443 g/mol. The number of amides is 1. The average Bonchev–Trinajstić information content (AvgIpc) is 3.37. The molecule has 7 nitrogen and oxygen atoms in total. The quantitative estimate of drug-likeness (QED) is 0.457. The minimum Gasteiger partial charge on any atom is -0.503 e. The summed E-state index contributed by atoms with van der Waals surface area (Å²) in [6.45, 7) is 0. The maximum atomic E-state index is 13.3. The molecule has 32 heavy (non-hydrogen) atoms. The lowest BCUT2D eigenvalue weighted by Crippen LogP contribution is -2.30. The highest BCUT2D eigenvalue weighted by molar-refractivity contribution is 7.22. The first kappa shape index (κ1) is 19.9. The number of Topliss-reactive ketones (excluding diaryl/α,β-unsaturated/α-hetero) is 1. The van der Waals surface area contributed by atoms with Crippen LogP contribution in [0.4, 0.5) is 5.13 Å². The Labute approximate surface area is 187 Å². The Balaban J connectivity index is 1.66. The number of methoxy groups -OCH3 is 1. The van der Waals surface area contributed by atoms with Crippen LogP contribution in [-0.2, 0) is 4.79 Å². The number of benzene rings is 2. The van der Waals surface area contributed by atoms with Gasteiger partial charge in [-0.05, 0) is 35.9 Å². The molecule has 0 fully saturated rings. The van der Waals surface area contributed by atoms with Gasteiger partial charge in [0.25, 0.3) is 5.91 Å². The number of hydrogen-bond acceptors (Lipinski definition) is 7. The van der Waals surface area contributed by atoms with Crippen molar-refractivity contribution in [3.05, 3.63) is 95.5 Å². The van der Waals surface area contributed by atoms with Gasteiger partial charge in [-0.3, -0.25) is 19.5 Å². The molecule has 4 aromatic rings. The highest BCUT2D eigenvalue weighted by Gasteiger charge is 2.45. The van der Waals surface area contributed by atoms with E-state index in [1.807, 2.05) is 36.4 Å². The summed E-state index contributed by atoms with van der Waals surface area (Å²) in [6.07, 6.45) is 2.98. The lowest BCUT2D eigenvalue weighted by atomic mass is 9.93. The fourth-order valence-corrected chi connectivity index (χ4v) is 4.78. The molecule has 1 aliphatic rings. The Morgan fingerprint density at radius 3 is 2.66 bits per heavy atom. The summed E-state index contributed by atoms with van der Waals surface area (Å²) in [4.78, 5) is 36.6. The maximum absolute atomic E-state index is 13.3. The number of ether oxygens (including phenoxy) is 1. The predicted molar refractivity (Wildman–Crippen MR) is 121 cm³/mol. The van der Waals surface area contributed by atoms with Crippen LogP contribution >= 0.6 is 11.3 Å². The van der Waals surface area contributed by atoms with Gasteiger partial charge in [0.1, 0.15) is 5.75 Å². The third-order valence-electron chi connectivity index (χ3n) is 5.28. The largest absolute Gasteiger partial charge is 0.503 e. The summed E-state index contributed by atoms with van der Waals surface area (Å²) in [6, 6.07) is 17.0. The smallest absolute Gasteiger partial charge is 0.296 e. The van der Waals surface area contributed by atoms with Crippen LogP contribution in [0.25, 0.3) is 10.2 Å². The third-order valence-corrected chi connectivity index (χ3v) is 6.30. The van der Waals surface area contributed by atoms with Crippen LogP contribution in [0.1, 0.15) is 22.0 Å². The summed E-state index contributed by atoms with van der Waals surface area (Å²) in [5, 5.41) is 11.2. The van der Waals surface area contributed by atoms with Crippen molar-refractivity contribution in [2.75, 3.05) is 12.0 Å². The van der Waals surface area contributed by atoms with Crippen molar-refractivity contribution in [1.82, 2.24) is 9.97 Å². The fraction of sp³-hybridized carbons (Fsp3) is 0.0833. The molecule has 158 valence electrons. The molecule has 0 saturated carbocycles. The first-order chi connectivity index (χ1) is 15.6. The molecule has 8 heteroatoms. The van der Waals surface area contributed by atoms with Crippen LogP contribution in [0.15, 0.2) is 84.4 Å².